The molecule has 0 saturated heterocycles. The normalized spacial score (nSPS) is 9.44. The van der Waals surface area contributed by atoms with E-state index in [9.17, 15) is 18.0 Å². The van der Waals surface area contributed by atoms with E-state index in [4.69, 9.17) is 0 Å². The van der Waals surface area contributed by atoms with Crippen LogP contribution >= 0.6 is 0 Å². The van der Waals surface area contributed by atoms with Crippen molar-refractivity contribution < 1.29 is 22.7 Å². The van der Waals surface area contributed by atoms with Gasteiger partial charge in [0.15, 0.2) is 11.6 Å². The molecular formula is C12H16F3NO2. The molecule has 0 aliphatic rings. The van der Waals surface area contributed by atoms with Crippen LogP contribution in [0.15, 0.2) is 12.1 Å². The fourth-order valence-corrected chi connectivity index (χ4v) is 1.28. The van der Waals surface area contributed by atoms with Gasteiger partial charge in [0.2, 0.25) is 0 Å². The van der Waals surface area contributed by atoms with Gasteiger partial charge in [-0.05, 0) is 31.5 Å². The van der Waals surface area contributed by atoms with Gasteiger partial charge >= 0.3 is 5.97 Å². The predicted molar refractivity (Wildman–Crippen MR) is 61.4 cm³/mol. The highest BCUT2D eigenvalue weighted by atomic mass is 19.2. The molecule has 6 heteroatoms. The first-order valence-corrected chi connectivity index (χ1v) is 5.32. The van der Waals surface area contributed by atoms with Crippen molar-refractivity contribution in [3.63, 3.8) is 0 Å². The Bertz CT molecular complexity index is 397. The largest absolute Gasteiger partial charge is 0.469 e. The van der Waals surface area contributed by atoms with Crippen LogP contribution in [-0.2, 0) is 16.0 Å². The summed E-state index contributed by atoms with van der Waals surface area (Å²) in [6, 6.07) is 1.31. The molecule has 0 aromatic heterocycles. The molecule has 0 radical (unpaired) electrons. The molecule has 1 aromatic carbocycles. The van der Waals surface area contributed by atoms with Crippen LogP contribution in [-0.4, -0.2) is 20.1 Å². The summed E-state index contributed by atoms with van der Waals surface area (Å²) in [6.07, 6.45) is 0.613. The number of nitrogens with two attached hydrogens (primary N) is 1. The Labute approximate surface area is 104 Å². The summed E-state index contributed by atoms with van der Waals surface area (Å²) in [4.78, 5) is 10.8. The van der Waals surface area contributed by atoms with E-state index in [1.165, 1.54) is 14.2 Å². The number of rotatable bonds is 4. The maximum atomic E-state index is 13.1. The van der Waals surface area contributed by atoms with Crippen molar-refractivity contribution in [2.75, 3.05) is 14.2 Å². The van der Waals surface area contributed by atoms with E-state index in [0.29, 0.717) is 12.5 Å². The summed E-state index contributed by atoms with van der Waals surface area (Å²) in [5, 5.41) is 0. The maximum Gasteiger partial charge on any atom is 0.305 e. The number of hydrogen-bond donors (Lipinski definition) is 1. The second-order valence-corrected chi connectivity index (χ2v) is 3.29. The molecule has 2 N–H and O–H groups in total. The number of ether oxygens (including phenoxy) is 1. The van der Waals surface area contributed by atoms with Crippen LogP contribution in [0.4, 0.5) is 13.2 Å². The number of carbonyl (C=O) groups excluding carboxylic acids is 1. The molecule has 0 bridgehead atoms. The van der Waals surface area contributed by atoms with E-state index in [1.54, 1.807) is 0 Å². The minimum absolute atomic E-state index is 0.0582. The fourth-order valence-electron chi connectivity index (χ4n) is 1.28. The van der Waals surface area contributed by atoms with E-state index < -0.39 is 23.4 Å². The summed E-state index contributed by atoms with van der Waals surface area (Å²) in [5.74, 6) is -3.52. The summed E-state index contributed by atoms with van der Waals surface area (Å²) in [7, 11) is 2.75. The minimum atomic E-state index is -1.21. The van der Waals surface area contributed by atoms with Crippen molar-refractivity contribution in [3.8, 4) is 0 Å². The van der Waals surface area contributed by atoms with Gasteiger partial charge in [-0.2, -0.15) is 0 Å². The second kappa shape index (κ2) is 8.52. The standard InChI is InChI=1S/C11H11F3O2.CH5N/c1-16-11(15)4-2-3-7-5-9(13)10(14)6-8(7)12;1-2/h5-6H,2-4H2,1H3;2H2,1H3. The highest BCUT2D eigenvalue weighted by Crippen LogP contribution is 2.15. The van der Waals surface area contributed by atoms with Crippen LogP contribution in [0.3, 0.4) is 0 Å². The van der Waals surface area contributed by atoms with Crippen molar-refractivity contribution in [1.29, 1.82) is 0 Å². The lowest BCUT2D eigenvalue weighted by Gasteiger charge is -2.03. The van der Waals surface area contributed by atoms with Crippen molar-refractivity contribution in [3.05, 3.63) is 35.1 Å². The van der Waals surface area contributed by atoms with Gasteiger partial charge in [-0.15, -0.1) is 0 Å². The lowest BCUT2D eigenvalue weighted by atomic mass is 10.1. The van der Waals surface area contributed by atoms with E-state index in [-0.39, 0.29) is 18.4 Å². The Morgan fingerprint density at radius 1 is 1.17 bits per heavy atom. The Morgan fingerprint density at radius 2 is 1.72 bits per heavy atom. The van der Waals surface area contributed by atoms with Crippen molar-refractivity contribution in [1.82, 2.24) is 0 Å². The van der Waals surface area contributed by atoms with Crippen LogP contribution in [0.2, 0.25) is 0 Å². The number of halogens is 3. The maximum absolute atomic E-state index is 13.1. The zero-order valence-electron chi connectivity index (χ0n) is 10.3. The molecular weight excluding hydrogens is 247 g/mol. The van der Waals surface area contributed by atoms with Crippen molar-refractivity contribution >= 4 is 5.97 Å². The van der Waals surface area contributed by atoms with Crippen LogP contribution in [0.25, 0.3) is 0 Å². The van der Waals surface area contributed by atoms with Gasteiger partial charge in [0.1, 0.15) is 5.82 Å². The first-order valence-electron chi connectivity index (χ1n) is 5.32. The Kier molecular flexibility index (Phi) is 7.78. The quantitative estimate of drug-likeness (QED) is 0.669. The molecule has 0 heterocycles. The molecule has 1 aromatic rings. The van der Waals surface area contributed by atoms with Crippen LogP contribution in [0.1, 0.15) is 18.4 Å². The van der Waals surface area contributed by atoms with E-state index in [1.807, 2.05) is 0 Å². The lowest BCUT2D eigenvalue weighted by molar-refractivity contribution is -0.140. The number of benzene rings is 1. The first kappa shape index (κ1) is 16.4. The SMILES string of the molecule is CN.COC(=O)CCCc1cc(F)c(F)cc1F. The van der Waals surface area contributed by atoms with E-state index in [2.05, 4.69) is 10.5 Å². The monoisotopic (exact) mass is 263 g/mol. The van der Waals surface area contributed by atoms with E-state index >= 15 is 0 Å². The van der Waals surface area contributed by atoms with Crippen molar-refractivity contribution in [2.24, 2.45) is 5.73 Å². The summed E-state index contributed by atoms with van der Waals surface area (Å²) in [6.45, 7) is 0. The van der Waals surface area contributed by atoms with Gasteiger partial charge < -0.3 is 10.5 Å². The lowest BCUT2D eigenvalue weighted by Crippen LogP contribution is -2.02. The van der Waals surface area contributed by atoms with E-state index in [0.717, 1.165) is 6.07 Å². The molecule has 0 amide bonds. The van der Waals surface area contributed by atoms with Crippen LogP contribution in [0, 0.1) is 17.5 Å². The fraction of sp³-hybridized carbons (Fsp3) is 0.417. The molecule has 0 fully saturated rings. The predicted octanol–water partition coefficient (Wildman–Crippen LogP) is 2.17. The minimum Gasteiger partial charge on any atom is -0.469 e. The highest BCUT2D eigenvalue weighted by molar-refractivity contribution is 5.69. The van der Waals surface area contributed by atoms with Crippen molar-refractivity contribution in [2.45, 2.75) is 19.3 Å². The molecule has 0 unspecified atom stereocenters. The third-order valence-electron chi connectivity index (χ3n) is 2.14. The topological polar surface area (TPSA) is 52.3 Å². The van der Waals surface area contributed by atoms with Gasteiger partial charge in [-0.1, -0.05) is 0 Å². The van der Waals surface area contributed by atoms with Gasteiger partial charge in [0, 0.05) is 12.5 Å². The number of carbonyl (C=O) groups is 1. The Balaban J connectivity index is 0.00000137. The average Bonchev–Trinajstić information content (AvgIpc) is 2.37. The Morgan fingerprint density at radius 3 is 2.28 bits per heavy atom. The average molecular weight is 263 g/mol. The van der Waals surface area contributed by atoms with Gasteiger partial charge in [-0.3, -0.25) is 4.79 Å². The molecule has 0 atom stereocenters. The zero-order chi connectivity index (χ0) is 14.1. The smallest absolute Gasteiger partial charge is 0.305 e. The third kappa shape index (κ3) is 5.18. The number of methoxy groups -OCH3 is 1. The summed E-state index contributed by atoms with van der Waals surface area (Å²) >= 11 is 0. The summed E-state index contributed by atoms with van der Waals surface area (Å²) < 4.78 is 42.9. The number of hydrogen-bond acceptors (Lipinski definition) is 3. The molecule has 0 spiro atoms. The highest BCUT2D eigenvalue weighted by Gasteiger charge is 2.10. The molecule has 102 valence electrons. The number of aryl methyl sites for hydroxylation is 1. The molecule has 3 nitrogen and oxygen atoms in total. The third-order valence-corrected chi connectivity index (χ3v) is 2.14. The Hall–Kier alpha value is -1.56. The van der Waals surface area contributed by atoms with Crippen LogP contribution in [0.5, 0.6) is 0 Å². The zero-order valence-corrected chi connectivity index (χ0v) is 10.3. The van der Waals surface area contributed by atoms with Gasteiger partial charge in [0.05, 0.1) is 7.11 Å². The molecule has 18 heavy (non-hydrogen) atoms. The molecule has 0 saturated carbocycles. The summed E-state index contributed by atoms with van der Waals surface area (Å²) in [5.41, 5.74) is 4.56. The molecule has 0 aliphatic heterocycles. The second-order valence-electron chi connectivity index (χ2n) is 3.29. The van der Waals surface area contributed by atoms with Crippen LogP contribution < -0.4 is 5.73 Å². The van der Waals surface area contributed by atoms with Gasteiger partial charge in [-0.25, -0.2) is 13.2 Å². The molecule has 1 rings (SSSR count). The van der Waals surface area contributed by atoms with Gasteiger partial charge in [0.25, 0.3) is 0 Å². The molecule has 0 aliphatic carbocycles. The number of esters is 1. The first-order chi connectivity index (χ1) is 8.54.